The van der Waals surface area contributed by atoms with Crippen LogP contribution >= 0.6 is 0 Å². The van der Waals surface area contributed by atoms with Gasteiger partial charge in [-0.25, -0.2) is 0 Å². The lowest BCUT2D eigenvalue weighted by molar-refractivity contribution is 0.0666. The Morgan fingerprint density at radius 3 is 2.50 bits per heavy atom. The van der Waals surface area contributed by atoms with Gasteiger partial charge in [0.05, 0.1) is 12.7 Å². The molecule has 4 rings (SSSR count). The molecular weight excluding hydrogens is 356 g/mol. The third kappa shape index (κ3) is 3.09. The Morgan fingerprint density at radius 1 is 1.04 bits per heavy atom. The summed E-state index contributed by atoms with van der Waals surface area (Å²) in [6, 6.07) is 20.1. The molecule has 0 aromatic heterocycles. The largest absolute Gasteiger partial charge is 0.504 e. The van der Waals surface area contributed by atoms with Crippen LogP contribution in [0.5, 0.6) is 17.2 Å². The van der Waals surface area contributed by atoms with Gasteiger partial charge in [0.25, 0.3) is 5.91 Å². The van der Waals surface area contributed by atoms with E-state index >= 15 is 0 Å². The van der Waals surface area contributed by atoms with Crippen LogP contribution < -0.4 is 10.1 Å². The van der Waals surface area contributed by atoms with E-state index in [0.29, 0.717) is 23.4 Å². The summed E-state index contributed by atoms with van der Waals surface area (Å²) in [6.07, 6.45) is -0.539. The van der Waals surface area contributed by atoms with Gasteiger partial charge in [-0.2, -0.15) is 0 Å². The number of fused-ring (bicyclic) bond motifs is 1. The number of hydrogen-bond acceptors (Lipinski definition) is 5. The van der Waals surface area contributed by atoms with Crippen molar-refractivity contribution in [2.75, 3.05) is 12.4 Å². The second-order valence-electron chi connectivity index (χ2n) is 6.60. The van der Waals surface area contributed by atoms with Gasteiger partial charge in [-0.1, -0.05) is 42.5 Å². The lowest BCUT2D eigenvalue weighted by Gasteiger charge is -2.38. The molecule has 6 heteroatoms. The SMILES string of the molecule is COc1cc([C@@H]2Nc3ccccc3C(=O)N2Cc2ccccc2)cc(O)c1O. The quantitative estimate of drug-likeness (QED) is 0.602. The summed E-state index contributed by atoms with van der Waals surface area (Å²) in [7, 11) is 1.41. The number of phenols is 2. The minimum absolute atomic E-state index is 0.116. The molecule has 28 heavy (non-hydrogen) atoms. The molecule has 0 saturated heterocycles. The minimum Gasteiger partial charge on any atom is -0.504 e. The first kappa shape index (κ1) is 17.7. The molecule has 1 aliphatic heterocycles. The second-order valence-corrected chi connectivity index (χ2v) is 6.60. The molecule has 3 N–H and O–H groups in total. The van der Waals surface area contributed by atoms with E-state index in [1.165, 1.54) is 13.2 Å². The Hall–Kier alpha value is -3.67. The predicted molar refractivity (Wildman–Crippen MR) is 105 cm³/mol. The average Bonchev–Trinajstić information content (AvgIpc) is 2.72. The van der Waals surface area contributed by atoms with E-state index in [1.807, 2.05) is 48.5 Å². The number of para-hydroxylation sites is 1. The zero-order valence-electron chi connectivity index (χ0n) is 15.3. The van der Waals surface area contributed by atoms with Gasteiger partial charge >= 0.3 is 0 Å². The first-order valence-corrected chi connectivity index (χ1v) is 8.89. The van der Waals surface area contributed by atoms with Crippen molar-refractivity contribution in [3.63, 3.8) is 0 Å². The summed E-state index contributed by atoms with van der Waals surface area (Å²) in [4.78, 5) is 15.0. The number of nitrogens with zero attached hydrogens (tertiary/aromatic N) is 1. The zero-order chi connectivity index (χ0) is 19.7. The van der Waals surface area contributed by atoms with Gasteiger partial charge in [-0.15, -0.1) is 0 Å². The molecule has 3 aromatic rings. The standard InChI is InChI=1S/C22H20N2O4/c1-28-19-12-15(11-18(25)20(19)26)21-23-17-10-6-5-9-16(17)22(27)24(21)13-14-7-3-2-4-8-14/h2-12,21,23,25-26H,13H2,1H3/t21-/m1/s1. The summed E-state index contributed by atoms with van der Waals surface area (Å²) in [5, 5.41) is 23.4. The van der Waals surface area contributed by atoms with Gasteiger partial charge in [0, 0.05) is 17.8 Å². The number of carbonyl (C=O) groups is 1. The van der Waals surface area contributed by atoms with Gasteiger partial charge in [-0.3, -0.25) is 4.79 Å². The van der Waals surface area contributed by atoms with E-state index in [2.05, 4.69) is 5.32 Å². The summed E-state index contributed by atoms with van der Waals surface area (Å²) < 4.78 is 5.17. The average molecular weight is 376 g/mol. The number of ether oxygens (including phenoxy) is 1. The fraction of sp³-hybridized carbons (Fsp3) is 0.136. The Labute approximate surface area is 162 Å². The van der Waals surface area contributed by atoms with Crippen molar-refractivity contribution in [2.24, 2.45) is 0 Å². The fourth-order valence-electron chi connectivity index (χ4n) is 3.43. The summed E-state index contributed by atoms with van der Waals surface area (Å²) in [5.74, 6) is -0.608. The Bertz CT molecular complexity index is 1020. The number of benzene rings is 3. The van der Waals surface area contributed by atoms with Crippen LogP contribution in [0.4, 0.5) is 5.69 Å². The molecule has 0 unspecified atom stereocenters. The summed E-state index contributed by atoms with van der Waals surface area (Å²) >= 11 is 0. The van der Waals surface area contributed by atoms with Crippen LogP contribution in [0.1, 0.15) is 27.7 Å². The molecule has 0 spiro atoms. The monoisotopic (exact) mass is 376 g/mol. The van der Waals surface area contributed by atoms with Gasteiger partial charge in [0.1, 0.15) is 6.17 Å². The highest BCUT2D eigenvalue weighted by molar-refractivity contribution is 6.01. The highest BCUT2D eigenvalue weighted by atomic mass is 16.5. The lowest BCUT2D eigenvalue weighted by Crippen LogP contribution is -2.42. The topological polar surface area (TPSA) is 82.0 Å². The van der Waals surface area contributed by atoms with Gasteiger partial charge in [-0.05, 0) is 29.8 Å². The molecule has 1 atom stereocenters. The van der Waals surface area contributed by atoms with Crippen LogP contribution in [-0.2, 0) is 6.54 Å². The summed E-state index contributed by atoms with van der Waals surface area (Å²) in [6.45, 7) is 0.385. The van der Waals surface area contributed by atoms with Crippen molar-refractivity contribution in [3.8, 4) is 17.2 Å². The molecule has 142 valence electrons. The molecule has 3 aromatic carbocycles. The van der Waals surface area contributed by atoms with E-state index < -0.39 is 6.17 Å². The van der Waals surface area contributed by atoms with Gasteiger partial charge in [0.2, 0.25) is 5.75 Å². The number of nitrogens with one attached hydrogen (secondary N) is 1. The smallest absolute Gasteiger partial charge is 0.258 e. The van der Waals surface area contributed by atoms with Crippen molar-refractivity contribution in [3.05, 3.63) is 83.4 Å². The molecule has 0 aliphatic carbocycles. The van der Waals surface area contributed by atoms with Crippen molar-refractivity contribution in [2.45, 2.75) is 12.7 Å². The first-order valence-electron chi connectivity index (χ1n) is 8.89. The number of rotatable bonds is 4. The Morgan fingerprint density at radius 2 is 1.75 bits per heavy atom. The normalized spacial score (nSPS) is 15.7. The minimum atomic E-state index is -0.539. The number of anilines is 1. The van der Waals surface area contributed by atoms with Gasteiger partial charge < -0.3 is 25.2 Å². The second kappa shape index (κ2) is 7.15. The maximum Gasteiger partial charge on any atom is 0.258 e. The maximum absolute atomic E-state index is 13.3. The molecule has 0 radical (unpaired) electrons. The molecule has 1 aliphatic rings. The maximum atomic E-state index is 13.3. The number of aromatic hydroxyl groups is 2. The molecular formula is C22H20N2O4. The van der Waals surface area contributed by atoms with Crippen molar-refractivity contribution in [1.29, 1.82) is 0 Å². The van der Waals surface area contributed by atoms with E-state index in [9.17, 15) is 15.0 Å². The number of amides is 1. The Kier molecular flexibility index (Phi) is 4.53. The third-order valence-corrected chi connectivity index (χ3v) is 4.83. The fourth-order valence-corrected chi connectivity index (χ4v) is 3.43. The predicted octanol–water partition coefficient (Wildman–Crippen LogP) is 3.87. The number of hydrogen-bond donors (Lipinski definition) is 3. The number of methoxy groups -OCH3 is 1. The van der Waals surface area contributed by atoms with Crippen LogP contribution in [0.15, 0.2) is 66.7 Å². The molecule has 0 saturated carbocycles. The molecule has 0 bridgehead atoms. The van der Waals surface area contributed by atoms with Crippen LogP contribution in [-0.4, -0.2) is 28.1 Å². The van der Waals surface area contributed by atoms with Crippen LogP contribution in [0.2, 0.25) is 0 Å². The lowest BCUT2D eigenvalue weighted by atomic mass is 10.0. The third-order valence-electron chi connectivity index (χ3n) is 4.83. The zero-order valence-corrected chi connectivity index (χ0v) is 15.3. The highest BCUT2D eigenvalue weighted by Crippen LogP contribution is 2.41. The number of carbonyl (C=O) groups excluding carboxylic acids is 1. The van der Waals surface area contributed by atoms with E-state index in [1.54, 1.807) is 17.0 Å². The number of phenolic OH excluding ortho intramolecular Hbond substituents is 2. The van der Waals surface area contributed by atoms with E-state index in [4.69, 9.17) is 4.74 Å². The Balaban J connectivity index is 1.81. The van der Waals surface area contributed by atoms with Crippen molar-refractivity contribution < 1.29 is 19.7 Å². The first-order chi connectivity index (χ1) is 13.6. The van der Waals surface area contributed by atoms with Crippen LogP contribution in [0.3, 0.4) is 0 Å². The van der Waals surface area contributed by atoms with Crippen LogP contribution in [0.25, 0.3) is 0 Å². The molecule has 1 heterocycles. The molecule has 0 fully saturated rings. The van der Waals surface area contributed by atoms with Crippen molar-refractivity contribution >= 4 is 11.6 Å². The molecule has 6 nitrogen and oxygen atoms in total. The highest BCUT2D eigenvalue weighted by Gasteiger charge is 2.33. The van der Waals surface area contributed by atoms with Crippen molar-refractivity contribution in [1.82, 2.24) is 4.90 Å². The van der Waals surface area contributed by atoms with Crippen LogP contribution in [0, 0.1) is 0 Å². The molecule has 1 amide bonds. The van der Waals surface area contributed by atoms with E-state index in [-0.39, 0.29) is 23.2 Å². The van der Waals surface area contributed by atoms with Gasteiger partial charge in [0.15, 0.2) is 11.5 Å². The summed E-state index contributed by atoms with van der Waals surface area (Å²) in [5.41, 5.74) is 2.89. The van der Waals surface area contributed by atoms with E-state index in [0.717, 1.165) is 5.56 Å².